The summed E-state index contributed by atoms with van der Waals surface area (Å²) in [5, 5.41) is 0. The molecule has 1 rings (SSSR count). The maximum Gasteiger partial charge on any atom is 0.184 e. The average Bonchev–Trinajstić information content (AvgIpc) is 2.71. The fourth-order valence-corrected chi connectivity index (χ4v) is 2.67. The van der Waals surface area contributed by atoms with Crippen LogP contribution in [0.25, 0.3) is 0 Å². The van der Waals surface area contributed by atoms with Gasteiger partial charge in [0.15, 0.2) is 19.9 Å². The molecule has 0 aromatic rings. The van der Waals surface area contributed by atoms with Crippen molar-refractivity contribution in [2.75, 3.05) is 6.61 Å². The van der Waals surface area contributed by atoms with Gasteiger partial charge >= 0.3 is 0 Å². The first-order valence-corrected chi connectivity index (χ1v) is 10.7. The van der Waals surface area contributed by atoms with Gasteiger partial charge in [0.1, 0.15) is 0 Å². The third-order valence-corrected chi connectivity index (χ3v) is 4.20. The van der Waals surface area contributed by atoms with Crippen molar-refractivity contribution < 1.29 is 14.0 Å². The van der Waals surface area contributed by atoms with E-state index in [-0.39, 0.29) is 12.4 Å². The van der Waals surface area contributed by atoms with Gasteiger partial charge in [-0.25, -0.2) is 0 Å². The molecule has 0 bridgehead atoms. The molecule has 0 saturated carbocycles. The van der Waals surface area contributed by atoms with Gasteiger partial charge in [0.25, 0.3) is 0 Å². The van der Waals surface area contributed by atoms with Crippen LogP contribution in [0.15, 0.2) is 11.6 Å². The van der Waals surface area contributed by atoms with Crippen LogP contribution >= 0.6 is 0 Å². The summed E-state index contributed by atoms with van der Waals surface area (Å²) < 4.78 is 5.58. The van der Waals surface area contributed by atoms with Crippen LogP contribution in [0.1, 0.15) is 44.9 Å². The Kier molecular flexibility index (Phi) is 6.65. The molecular weight excluding hydrogens is 256 g/mol. The quantitative estimate of drug-likeness (QED) is 0.479. The molecule has 0 aromatic heterocycles. The summed E-state index contributed by atoms with van der Waals surface area (Å²) in [6.45, 7) is 6.55. The Labute approximate surface area is 117 Å². The lowest BCUT2D eigenvalue weighted by molar-refractivity contribution is -0.121. The second kappa shape index (κ2) is 7.75. The van der Waals surface area contributed by atoms with Crippen LogP contribution in [0.4, 0.5) is 0 Å². The van der Waals surface area contributed by atoms with Crippen molar-refractivity contribution in [2.24, 2.45) is 0 Å². The highest BCUT2D eigenvalue weighted by Gasteiger charge is 2.16. The molecule has 0 fully saturated rings. The largest absolute Gasteiger partial charge is 0.410 e. The van der Waals surface area contributed by atoms with E-state index in [0.29, 0.717) is 18.6 Å². The van der Waals surface area contributed by atoms with Crippen molar-refractivity contribution in [2.45, 2.75) is 64.6 Å². The van der Waals surface area contributed by atoms with E-state index in [1.807, 2.05) is 0 Å². The predicted octanol–water partition coefficient (Wildman–Crippen LogP) is 3.65. The smallest absolute Gasteiger partial charge is 0.184 e. The number of carbonyl (C=O) groups is 2. The number of allylic oxidation sites excluding steroid dienone is 2. The minimum atomic E-state index is -1.57. The van der Waals surface area contributed by atoms with Crippen molar-refractivity contribution in [3.63, 3.8) is 0 Å². The highest BCUT2D eigenvalue weighted by Crippen LogP contribution is 2.20. The molecule has 0 saturated heterocycles. The summed E-state index contributed by atoms with van der Waals surface area (Å²) in [6.07, 6.45) is 8.12. The first-order valence-electron chi connectivity index (χ1n) is 7.26. The fourth-order valence-electron chi connectivity index (χ4n) is 2.08. The van der Waals surface area contributed by atoms with Gasteiger partial charge < -0.3 is 4.43 Å². The SMILES string of the molecule is C[Si](C)(C)OCC(=O)CCCCCC1=CCCC1=O. The molecule has 0 radical (unpaired) electrons. The van der Waals surface area contributed by atoms with E-state index >= 15 is 0 Å². The highest BCUT2D eigenvalue weighted by molar-refractivity contribution is 6.69. The summed E-state index contributed by atoms with van der Waals surface area (Å²) >= 11 is 0. The summed E-state index contributed by atoms with van der Waals surface area (Å²) in [5.41, 5.74) is 1.01. The van der Waals surface area contributed by atoms with Crippen molar-refractivity contribution in [3.05, 3.63) is 11.6 Å². The summed E-state index contributed by atoms with van der Waals surface area (Å²) in [6, 6.07) is 0. The Hall–Kier alpha value is -0.743. The van der Waals surface area contributed by atoms with Gasteiger partial charge in [-0.15, -0.1) is 0 Å². The molecule has 19 heavy (non-hydrogen) atoms. The van der Waals surface area contributed by atoms with Crippen molar-refractivity contribution >= 4 is 19.9 Å². The van der Waals surface area contributed by atoms with E-state index in [0.717, 1.165) is 37.7 Å². The molecule has 0 atom stereocenters. The number of carbonyl (C=O) groups excluding carboxylic acids is 2. The molecule has 0 aliphatic heterocycles. The Bertz CT molecular complexity index is 353. The van der Waals surface area contributed by atoms with E-state index in [2.05, 4.69) is 25.7 Å². The normalized spacial score (nSPS) is 15.7. The van der Waals surface area contributed by atoms with Gasteiger partial charge in [-0.1, -0.05) is 12.5 Å². The molecule has 0 aromatic carbocycles. The molecular formula is C15H26O3Si. The molecule has 108 valence electrons. The van der Waals surface area contributed by atoms with Gasteiger partial charge in [-0.05, 0) is 50.9 Å². The zero-order valence-electron chi connectivity index (χ0n) is 12.5. The molecule has 3 nitrogen and oxygen atoms in total. The van der Waals surface area contributed by atoms with Gasteiger partial charge in [0.05, 0.1) is 6.61 Å². The van der Waals surface area contributed by atoms with Crippen LogP contribution in [0, 0.1) is 0 Å². The molecule has 4 heteroatoms. The maximum absolute atomic E-state index is 11.6. The van der Waals surface area contributed by atoms with Crippen LogP contribution in [0.5, 0.6) is 0 Å². The van der Waals surface area contributed by atoms with E-state index in [1.165, 1.54) is 0 Å². The first-order chi connectivity index (χ1) is 8.88. The average molecular weight is 282 g/mol. The Morgan fingerprint density at radius 3 is 2.58 bits per heavy atom. The summed E-state index contributed by atoms with van der Waals surface area (Å²) in [5.74, 6) is 0.526. The topological polar surface area (TPSA) is 43.4 Å². The highest BCUT2D eigenvalue weighted by atomic mass is 28.4. The zero-order chi connectivity index (χ0) is 14.3. The second-order valence-corrected chi connectivity index (χ2v) is 10.7. The molecule has 0 unspecified atom stereocenters. The maximum atomic E-state index is 11.6. The first kappa shape index (κ1) is 16.3. The van der Waals surface area contributed by atoms with Crippen LogP contribution in [0.2, 0.25) is 19.6 Å². The minimum absolute atomic E-state index is 0.207. The van der Waals surface area contributed by atoms with Gasteiger partial charge in [-0.3, -0.25) is 9.59 Å². The summed E-state index contributed by atoms with van der Waals surface area (Å²) in [7, 11) is -1.57. The zero-order valence-corrected chi connectivity index (χ0v) is 13.5. The monoisotopic (exact) mass is 282 g/mol. The number of ketones is 2. The van der Waals surface area contributed by atoms with Gasteiger partial charge in [0.2, 0.25) is 0 Å². The van der Waals surface area contributed by atoms with E-state index < -0.39 is 8.32 Å². The predicted molar refractivity (Wildman–Crippen MR) is 79.7 cm³/mol. The standard InChI is InChI=1S/C15H26O3Si/c1-19(2,3)18-12-14(16)10-6-4-5-8-13-9-7-11-15(13)17/h9H,4-8,10-12H2,1-3H3. The third kappa shape index (κ3) is 7.43. The Morgan fingerprint density at radius 1 is 1.26 bits per heavy atom. The minimum Gasteiger partial charge on any atom is -0.410 e. The summed E-state index contributed by atoms with van der Waals surface area (Å²) in [4.78, 5) is 23.0. The number of hydrogen-bond donors (Lipinski definition) is 0. The van der Waals surface area contributed by atoms with Gasteiger partial charge in [-0.2, -0.15) is 0 Å². The number of rotatable bonds is 9. The second-order valence-electron chi connectivity index (χ2n) is 6.19. The molecule has 1 aliphatic carbocycles. The fraction of sp³-hybridized carbons (Fsp3) is 0.733. The number of unbranched alkanes of at least 4 members (excludes halogenated alkanes) is 2. The van der Waals surface area contributed by atoms with Crippen molar-refractivity contribution in [1.82, 2.24) is 0 Å². The Morgan fingerprint density at radius 2 is 2.00 bits per heavy atom. The molecule has 0 heterocycles. The van der Waals surface area contributed by atoms with Crippen molar-refractivity contribution in [3.8, 4) is 0 Å². The molecule has 0 N–H and O–H groups in total. The van der Waals surface area contributed by atoms with Crippen LogP contribution in [-0.2, 0) is 14.0 Å². The van der Waals surface area contributed by atoms with Crippen LogP contribution in [0.3, 0.4) is 0 Å². The lowest BCUT2D eigenvalue weighted by Crippen LogP contribution is -2.28. The lowest BCUT2D eigenvalue weighted by Gasteiger charge is -2.16. The van der Waals surface area contributed by atoms with Crippen LogP contribution < -0.4 is 0 Å². The number of hydrogen-bond acceptors (Lipinski definition) is 3. The molecule has 0 spiro atoms. The van der Waals surface area contributed by atoms with Crippen LogP contribution in [-0.4, -0.2) is 26.5 Å². The molecule has 1 aliphatic rings. The van der Waals surface area contributed by atoms with E-state index in [9.17, 15) is 9.59 Å². The lowest BCUT2D eigenvalue weighted by atomic mass is 10.0. The molecule has 0 amide bonds. The van der Waals surface area contributed by atoms with E-state index in [4.69, 9.17) is 4.43 Å². The van der Waals surface area contributed by atoms with Crippen molar-refractivity contribution in [1.29, 1.82) is 0 Å². The third-order valence-electron chi connectivity index (χ3n) is 3.19. The van der Waals surface area contributed by atoms with Gasteiger partial charge in [0, 0.05) is 12.8 Å². The number of Topliss-reactive ketones (excluding diaryl/α,β-unsaturated/α-hetero) is 2. The Balaban J connectivity index is 2.01. The van der Waals surface area contributed by atoms with E-state index in [1.54, 1.807) is 0 Å².